The minimum atomic E-state index is -1.54. The number of rotatable bonds is 7. The molecule has 0 radical (unpaired) electrons. The number of alkyl halides is 2. The average Bonchev–Trinajstić information content (AvgIpc) is 2.90. The molecule has 2 fully saturated rings. The van der Waals surface area contributed by atoms with Crippen LogP contribution in [0.25, 0.3) is 0 Å². The van der Waals surface area contributed by atoms with Crippen molar-refractivity contribution in [1.29, 1.82) is 0 Å². The van der Waals surface area contributed by atoms with Crippen LogP contribution in [0, 0.1) is 0 Å². The molecule has 9 atom stereocenters. The summed E-state index contributed by atoms with van der Waals surface area (Å²) in [6, 6.07) is -2.13. The van der Waals surface area contributed by atoms with Crippen molar-refractivity contribution < 1.29 is 39.1 Å². The molecule has 0 aromatic heterocycles. The molecular weight excluding hydrogens is 467 g/mol. The highest BCUT2D eigenvalue weighted by Gasteiger charge is 2.48. The van der Waals surface area contributed by atoms with Crippen LogP contribution in [0.4, 0.5) is 9.18 Å². The molecule has 0 bridgehead atoms. The maximum absolute atomic E-state index is 15.1. The molecule has 2 rings (SSSR count). The molecule has 0 spiro atoms. The number of thioether (sulfide) groups is 1. The van der Waals surface area contributed by atoms with E-state index in [-0.39, 0.29) is 32.2 Å². The Morgan fingerprint density at radius 2 is 1.94 bits per heavy atom. The van der Waals surface area contributed by atoms with E-state index in [1.165, 1.54) is 0 Å². The van der Waals surface area contributed by atoms with Crippen molar-refractivity contribution in [3.63, 3.8) is 0 Å². The molecule has 2 aliphatic heterocycles. The molecule has 9 nitrogen and oxygen atoms in total. The second-order valence-corrected chi connectivity index (χ2v) is 10.2. The molecule has 32 heavy (non-hydrogen) atoms. The van der Waals surface area contributed by atoms with Crippen molar-refractivity contribution in [2.45, 2.75) is 98.9 Å². The largest absolute Gasteiger partial charge is 0.465 e. The van der Waals surface area contributed by atoms with Gasteiger partial charge in [0.2, 0.25) is 5.91 Å². The van der Waals surface area contributed by atoms with Gasteiger partial charge in [-0.2, -0.15) is 0 Å². The number of carbonyl (C=O) groups excluding carboxylic acids is 1. The molecule has 0 aromatic carbocycles. The number of nitrogens with one attached hydrogen (secondary N) is 1. The summed E-state index contributed by atoms with van der Waals surface area (Å²) in [6.07, 6.45) is -4.25. The summed E-state index contributed by atoms with van der Waals surface area (Å²) in [6.45, 7) is 3.29. The number of carboxylic acid groups (broad SMARTS) is 1. The SMILES string of the molecule is CCCC1(F)CCC(C(=O)NC(C(C)Cl)C2OC(SC)C(O)C(O)C2O)N(C(=O)O)CC1. The highest BCUT2D eigenvalue weighted by Crippen LogP contribution is 2.34. The molecule has 2 aliphatic rings. The highest BCUT2D eigenvalue weighted by molar-refractivity contribution is 7.99. The Balaban J connectivity index is 2.22. The third kappa shape index (κ3) is 6.18. The molecule has 12 heteroatoms. The second kappa shape index (κ2) is 11.5. The average molecular weight is 501 g/mol. The minimum absolute atomic E-state index is 0.000866. The topological polar surface area (TPSA) is 140 Å². The predicted molar refractivity (Wildman–Crippen MR) is 119 cm³/mol. The summed E-state index contributed by atoms with van der Waals surface area (Å²) in [5, 5.41) is 42.3. The van der Waals surface area contributed by atoms with Gasteiger partial charge in [0.15, 0.2) is 0 Å². The van der Waals surface area contributed by atoms with E-state index in [4.69, 9.17) is 16.3 Å². The van der Waals surface area contributed by atoms with Gasteiger partial charge < -0.3 is 30.5 Å². The fraction of sp³-hybridized carbons (Fsp3) is 0.900. The molecule has 2 amide bonds. The van der Waals surface area contributed by atoms with Crippen molar-refractivity contribution in [2.24, 2.45) is 0 Å². The molecule has 186 valence electrons. The van der Waals surface area contributed by atoms with Gasteiger partial charge in [0.05, 0.1) is 11.4 Å². The van der Waals surface area contributed by atoms with E-state index in [0.29, 0.717) is 6.42 Å². The Morgan fingerprint density at radius 1 is 1.28 bits per heavy atom. The van der Waals surface area contributed by atoms with E-state index < -0.39 is 65.0 Å². The second-order valence-electron chi connectivity index (χ2n) is 8.57. The molecule has 0 saturated carbocycles. The number of ether oxygens (including phenoxy) is 1. The first-order valence-electron chi connectivity index (χ1n) is 10.8. The van der Waals surface area contributed by atoms with Gasteiger partial charge >= 0.3 is 6.09 Å². The number of carbonyl (C=O) groups is 2. The van der Waals surface area contributed by atoms with Gasteiger partial charge in [0.1, 0.15) is 41.6 Å². The highest BCUT2D eigenvalue weighted by atomic mass is 35.5. The van der Waals surface area contributed by atoms with Crippen molar-refractivity contribution in [2.75, 3.05) is 12.8 Å². The van der Waals surface area contributed by atoms with Gasteiger partial charge in [-0.1, -0.05) is 13.3 Å². The third-order valence-electron chi connectivity index (χ3n) is 6.29. The number of nitrogens with zero attached hydrogens (tertiary/aromatic N) is 1. The number of halogens is 2. The maximum atomic E-state index is 15.1. The molecule has 5 N–H and O–H groups in total. The lowest BCUT2D eigenvalue weighted by molar-refractivity contribution is -0.205. The number of likely N-dealkylation sites (tertiary alicyclic amines) is 1. The molecule has 0 aliphatic carbocycles. The van der Waals surface area contributed by atoms with E-state index in [9.17, 15) is 30.0 Å². The quantitative estimate of drug-likeness (QED) is 0.330. The van der Waals surface area contributed by atoms with E-state index in [1.54, 1.807) is 13.2 Å². The molecule has 2 heterocycles. The molecule has 9 unspecified atom stereocenters. The van der Waals surface area contributed by atoms with Crippen LogP contribution >= 0.6 is 23.4 Å². The zero-order chi connectivity index (χ0) is 24.2. The molecule has 2 saturated heterocycles. The summed E-state index contributed by atoms with van der Waals surface area (Å²) in [4.78, 5) is 25.9. The number of aliphatic hydroxyl groups is 3. The first-order chi connectivity index (χ1) is 15.0. The Hall–Kier alpha value is -0.850. The number of hydrogen-bond donors (Lipinski definition) is 5. The molecular formula is C20H34ClFN2O7S. The van der Waals surface area contributed by atoms with Gasteiger partial charge in [0.25, 0.3) is 0 Å². The summed E-state index contributed by atoms with van der Waals surface area (Å²) in [5.74, 6) is -0.678. The van der Waals surface area contributed by atoms with Crippen LogP contribution in [0.2, 0.25) is 0 Å². The third-order valence-corrected chi connectivity index (χ3v) is 7.41. The Labute approximate surface area is 196 Å². The smallest absolute Gasteiger partial charge is 0.407 e. The van der Waals surface area contributed by atoms with Crippen molar-refractivity contribution >= 4 is 35.4 Å². The zero-order valence-electron chi connectivity index (χ0n) is 18.5. The molecule has 0 aromatic rings. The first kappa shape index (κ1) is 27.4. The first-order valence-corrected chi connectivity index (χ1v) is 12.5. The zero-order valence-corrected chi connectivity index (χ0v) is 20.1. The van der Waals surface area contributed by atoms with Crippen LogP contribution in [-0.4, -0.2) is 103 Å². The van der Waals surface area contributed by atoms with Crippen LogP contribution in [0.5, 0.6) is 0 Å². The van der Waals surface area contributed by atoms with E-state index in [1.807, 2.05) is 6.92 Å². The summed E-state index contributed by atoms with van der Waals surface area (Å²) >= 11 is 7.40. The van der Waals surface area contributed by atoms with E-state index in [0.717, 1.165) is 16.7 Å². The number of amides is 2. The van der Waals surface area contributed by atoms with E-state index >= 15 is 4.39 Å². The van der Waals surface area contributed by atoms with Gasteiger partial charge in [-0.15, -0.1) is 23.4 Å². The summed E-state index contributed by atoms with van der Waals surface area (Å²) in [5.41, 5.74) is -2.40. The number of aliphatic hydroxyl groups excluding tert-OH is 3. The van der Waals surface area contributed by atoms with E-state index in [2.05, 4.69) is 5.32 Å². The van der Waals surface area contributed by atoms with Gasteiger partial charge in [0, 0.05) is 6.54 Å². The van der Waals surface area contributed by atoms with Crippen molar-refractivity contribution in [3.8, 4) is 0 Å². The van der Waals surface area contributed by atoms with Gasteiger partial charge in [-0.3, -0.25) is 9.69 Å². The Morgan fingerprint density at radius 3 is 2.47 bits per heavy atom. The van der Waals surface area contributed by atoms with Crippen molar-refractivity contribution in [3.05, 3.63) is 0 Å². The lowest BCUT2D eigenvalue weighted by Gasteiger charge is -2.44. The lowest BCUT2D eigenvalue weighted by atomic mass is 9.90. The van der Waals surface area contributed by atoms with Gasteiger partial charge in [-0.25, -0.2) is 9.18 Å². The number of hydrogen-bond acceptors (Lipinski definition) is 7. The maximum Gasteiger partial charge on any atom is 0.407 e. The standard InChI is InChI=1S/C20H34ClFN2O7S/c1-4-6-20(22)7-5-11(24(9-8-20)19(29)30)17(28)23-12(10(2)21)16-14(26)13(25)15(27)18(31-16)32-3/h10-16,18,25-27H,4-9H2,1-3H3,(H,23,28)(H,29,30). The monoisotopic (exact) mass is 500 g/mol. The summed E-state index contributed by atoms with van der Waals surface area (Å²) in [7, 11) is 0. The Kier molecular flexibility index (Phi) is 9.87. The normalized spacial score (nSPS) is 37.9. The lowest BCUT2D eigenvalue weighted by Crippen LogP contribution is -2.65. The van der Waals surface area contributed by atoms with Crippen LogP contribution < -0.4 is 5.32 Å². The van der Waals surface area contributed by atoms with Crippen LogP contribution in [0.15, 0.2) is 0 Å². The van der Waals surface area contributed by atoms with Crippen LogP contribution in [0.3, 0.4) is 0 Å². The fourth-order valence-corrected chi connectivity index (χ4v) is 5.32. The van der Waals surface area contributed by atoms with Crippen molar-refractivity contribution in [1.82, 2.24) is 10.2 Å². The Bertz CT molecular complexity index is 661. The minimum Gasteiger partial charge on any atom is -0.465 e. The summed E-state index contributed by atoms with van der Waals surface area (Å²) < 4.78 is 20.8. The fourth-order valence-electron chi connectivity index (χ4n) is 4.44. The van der Waals surface area contributed by atoms with Gasteiger partial charge in [-0.05, 0) is 38.9 Å². The van der Waals surface area contributed by atoms with Crippen LogP contribution in [-0.2, 0) is 9.53 Å². The predicted octanol–water partition coefficient (Wildman–Crippen LogP) is 1.31. The van der Waals surface area contributed by atoms with Crippen LogP contribution in [0.1, 0.15) is 46.0 Å².